The molecule has 3 aromatic rings. The van der Waals surface area contributed by atoms with Gasteiger partial charge >= 0.3 is 0 Å². The van der Waals surface area contributed by atoms with E-state index in [0.29, 0.717) is 23.5 Å². The van der Waals surface area contributed by atoms with Crippen LogP contribution in [0.3, 0.4) is 0 Å². The smallest absolute Gasteiger partial charge is 0.226 e. The van der Waals surface area contributed by atoms with E-state index >= 15 is 0 Å². The van der Waals surface area contributed by atoms with Gasteiger partial charge in [-0.1, -0.05) is 12.1 Å². The van der Waals surface area contributed by atoms with Crippen LogP contribution in [0.15, 0.2) is 60.8 Å². The Morgan fingerprint density at radius 3 is 2.37 bits per heavy atom. The van der Waals surface area contributed by atoms with Crippen LogP contribution in [0.2, 0.25) is 0 Å². The summed E-state index contributed by atoms with van der Waals surface area (Å²) in [6, 6.07) is 15.7. The van der Waals surface area contributed by atoms with Crippen LogP contribution in [0, 0.1) is 11.7 Å². The van der Waals surface area contributed by atoms with Crippen LogP contribution in [0.5, 0.6) is 17.4 Å². The van der Waals surface area contributed by atoms with Gasteiger partial charge < -0.3 is 14.8 Å². The van der Waals surface area contributed by atoms with Crippen molar-refractivity contribution in [3.8, 4) is 17.4 Å². The van der Waals surface area contributed by atoms with Crippen LogP contribution in [0.1, 0.15) is 24.4 Å². The largest absolute Gasteiger partial charge is 0.497 e. The van der Waals surface area contributed by atoms with Gasteiger partial charge in [0.2, 0.25) is 11.8 Å². The Morgan fingerprint density at radius 2 is 1.70 bits per heavy atom. The van der Waals surface area contributed by atoms with Crippen molar-refractivity contribution in [1.82, 2.24) is 9.97 Å². The number of benzene rings is 2. The Hall–Kier alpha value is -3.15. The Bertz CT molecular complexity index is 896. The molecule has 1 saturated carbocycles. The third kappa shape index (κ3) is 4.34. The number of halogens is 1. The number of nitrogens with zero attached hydrogens (tertiary/aromatic N) is 2. The van der Waals surface area contributed by atoms with Crippen molar-refractivity contribution < 1.29 is 13.9 Å². The van der Waals surface area contributed by atoms with E-state index in [4.69, 9.17) is 9.47 Å². The molecule has 1 fully saturated rings. The lowest BCUT2D eigenvalue weighted by Gasteiger charge is -2.19. The summed E-state index contributed by atoms with van der Waals surface area (Å²) in [6.07, 6.45) is 4.00. The predicted molar refractivity (Wildman–Crippen MR) is 101 cm³/mol. The molecule has 1 unspecified atom stereocenters. The van der Waals surface area contributed by atoms with Gasteiger partial charge in [0, 0.05) is 12.3 Å². The van der Waals surface area contributed by atoms with E-state index in [2.05, 4.69) is 27.4 Å². The summed E-state index contributed by atoms with van der Waals surface area (Å²) in [4.78, 5) is 8.75. The fourth-order valence-electron chi connectivity index (χ4n) is 2.95. The number of rotatable bonds is 7. The fraction of sp³-hybridized carbons (Fsp3) is 0.238. The first-order valence-corrected chi connectivity index (χ1v) is 8.88. The lowest BCUT2D eigenvalue weighted by molar-refractivity contribution is 0.414. The van der Waals surface area contributed by atoms with Gasteiger partial charge in [0.25, 0.3) is 0 Å². The molecule has 0 radical (unpaired) electrons. The zero-order valence-electron chi connectivity index (χ0n) is 14.9. The van der Waals surface area contributed by atoms with Crippen LogP contribution in [-0.2, 0) is 0 Å². The van der Waals surface area contributed by atoms with E-state index in [-0.39, 0.29) is 11.9 Å². The molecule has 1 heterocycles. The van der Waals surface area contributed by atoms with Gasteiger partial charge in [-0.15, -0.1) is 0 Å². The van der Waals surface area contributed by atoms with Crippen molar-refractivity contribution in [1.29, 1.82) is 0 Å². The minimum absolute atomic E-state index is 0.136. The fourth-order valence-corrected chi connectivity index (χ4v) is 2.95. The summed E-state index contributed by atoms with van der Waals surface area (Å²) in [5, 5.41) is 3.43. The third-order valence-corrected chi connectivity index (χ3v) is 4.52. The third-order valence-electron chi connectivity index (χ3n) is 4.52. The minimum Gasteiger partial charge on any atom is -0.497 e. The van der Waals surface area contributed by atoms with Crippen LogP contribution in [0.4, 0.5) is 10.3 Å². The van der Waals surface area contributed by atoms with Crippen LogP contribution >= 0.6 is 0 Å². The SMILES string of the molecule is COc1ccc(C(Nc2nccc(Oc3ccc(F)cc3)n2)C2CC2)cc1. The first-order valence-electron chi connectivity index (χ1n) is 8.88. The number of nitrogens with one attached hydrogen (secondary N) is 1. The molecule has 1 aliphatic rings. The number of methoxy groups -OCH3 is 1. The van der Waals surface area contributed by atoms with Crippen molar-refractivity contribution in [2.75, 3.05) is 12.4 Å². The maximum Gasteiger partial charge on any atom is 0.226 e. The van der Waals surface area contributed by atoms with Gasteiger partial charge in [-0.05, 0) is 60.7 Å². The zero-order chi connectivity index (χ0) is 18.6. The maximum atomic E-state index is 13.0. The van der Waals surface area contributed by atoms with Gasteiger partial charge in [0.15, 0.2) is 0 Å². The molecule has 4 rings (SSSR count). The van der Waals surface area contributed by atoms with Gasteiger partial charge in [-0.25, -0.2) is 9.37 Å². The predicted octanol–water partition coefficient (Wildman–Crippen LogP) is 4.98. The normalized spacial score (nSPS) is 14.4. The average molecular weight is 365 g/mol. The molecular weight excluding hydrogens is 345 g/mol. The van der Waals surface area contributed by atoms with Crippen LogP contribution in [0.25, 0.3) is 0 Å². The molecule has 138 valence electrons. The highest BCUT2D eigenvalue weighted by atomic mass is 19.1. The molecule has 0 bridgehead atoms. The van der Waals surface area contributed by atoms with Crippen molar-refractivity contribution in [2.24, 2.45) is 5.92 Å². The first-order chi connectivity index (χ1) is 13.2. The summed E-state index contributed by atoms with van der Waals surface area (Å²) in [5.74, 6) is 2.52. The molecule has 1 N–H and O–H groups in total. The Balaban J connectivity index is 1.50. The van der Waals surface area contributed by atoms with Crippen molar-refractivity contribution in [3.05, 3.63) is 72.2 Å². The lowest BCUT2D eigenvalue weighted by Crippen LogP contribution is -2.15. The van der Waals surface area contributed by atoms with E-state index < -0.39 is 0 Å². The summed E-state index contributed by atoms with van der Waals surface area (Å²) in [5.41, 5.74) is 1.17. The van der Waals surface area contributed by atoms with Crippen LogP contribution < -0.4 is 14.8 Å². The Kier molecular flexibility index (Phi) is 4.87. The topological polar surface area (TPSA) is 56.3 Å². The monoisotopic (exact) mass is 365 g/mol. The molecule has 5 nitrogen and oxygen atoms in total. The van der Waals surface area contributed by atoms with Gasteiger partial charge in [-0.3, -0.25) is 0 Å². The minimum atomic E-state index is -0.306. The van der Waals surface area contributed by atoms with Gasteiger partial charge in [0.05, 0.1) is 13.2 Å². The maximum absolute atomic E-state index is 13.0. The number of hydrogen-bond acceptors (Lipinski definition) is 5. The molecular formula is C21H20FN3O2. The molecule has 6 heteroatoms. The highest BCUT2D eigenvalue weighted by Crippen LogP contribution is 2.42. The molecule has 2 aromatic carbocycles. The second-order valence-electron chi connectivity index (χ2n) is 6.51. The molecule has 27 heavy (non-hydrogen) atoms. The van der Waals surface area contributed by atoms with E-state index in [9.17, 15) is 4.39 Å². The molecule has 0 saturated heterocycles. The molecule has 0 amide bonds. The van der Waals surface area contributed by atoms with Gasteiger partial charge in [0.1, 0.15) is 17.3 Å². The highest BCUT2D eigenvalue weighted by molar-refractivity contribution is 5.38. The van der Waals surface area contributed by atoms with E-state index in [1.165, 1.54) is 30.5 Å². The van der Waals surface area contributed by atoms with Gasteiger partial charge in [-0.2, -0.15) is 4.98 Å². The Morgan fingerprint density at radius 1 is 1.00 bits per heavy atom. The molecule has 0 aliphatic heterocycles. The Labute approximate surface area is 157 Å². The van der Waals surface area contributed by atoms with Crippen molar-refractivity contribution >= 4 is 5.95 Å². The van der Waals surface area contributed by atoms with E-state index in [1.807, 2.05) is 12.1 Å². The van der Waals surface area contributed by atoms with E-state index in [0.717, 1.165) is 5.75 Å². The van der Waals surface area contributed by atoms with Crippen LogP contribution in [-0.4, -0.2) is 17.1 Å². The van der Waals surface area contributed by atoms with Crippen molar-refractivity contribution in [3.63, 3.8) is 0 Å². The number of ether oxygens (including phenoxy) is 2. The van der Waals surface area contributed by atoms with Crippen molar-refractivity contribution in [2.45, 2.75) is 18.9 Å². The quantitative estimate of drug-likeness (QED) is 0.640. The second-order valence-corrected chi connectivity index (χ2v) is 6.51. The number of hydrogen-bond donors (Lipinski definition) is 1. The molecule has 0 spiro atoms. The molecule has 1 atom stereocenters. The summed E-state index contributed by atoms with van der Waals surface area (Å²) >= 11 is 0. The second kappa shape index (κ2) is 7.61. The zero-order valence-corrected chi connectivity index (χ0v) is 14.9. The number of anilines is 1. The summed E-state index contributed by atoms with van der Waals surface area (Å²) < 4.78 is 24.0. The number of aromatic nitrogens is 2. The molecule has 1 aliphatic carbocycles. The average Bonchev–Trinajstić information content (AvgIpc) is 3.54. The summed E-state index contributed by atoms with van der Waals surface area (Å²) in [6.45, 7) is 0. The summed E-state index contributed by atoms with van der Waals surface area (Å²) in [7, 11) is 1.66. The molecule has 1 aromatic heterocycles. The van der Waals surface area contributed by atoms with E-state index in [1.54, 1.807) is 31.5 Å². The lowest BCUT2D eigenvalue weighted by atomic mass is 10.0. The highest BCUT2D eigenvalue weighted by Gasteiger charge is 2.33. The first kappa shape index (κ1) is 17.3. The standard InChI is InChI=1S/C21H20FN3O2/c1-26-17-8-4-15(5-9-17)20(14-2-3-14)25-21-23-13-12-19(24-21)27-18-10-6-16(22)7-11-18/h4-14,20H,2-3H2,1H3,(H,23,24,25).